The van der Waals surface area contributed by atoms with Crippen molar-refractivity contribution < 1.29 is 23.1 Å². The van der Waals surface area contributed by atoms with Crippen LogP contribution in [0.15, 0.2) is 23.2 Å². The smallest absolute Gasteiger partial charge is 0.303 e. The summed E-state index contributed by atoms with van der Waals surface area (Å²) >= 11 is 1.29. The van der Waals surface area contributed by atoms with Crippen molar-refractivity contribution in [2.24, 2.45) is 4.99 Å². The molecule has 26 heavy (non-hydrogen) atoms. The highest BCUT2D eigenvalue weighted by Gasteiger charge is 2.49. The van der Waals surface area contributed by atoms with Crippen LogP contribution in [0.2, 0.25) is 0 Å². The number of anilines is 1. The van der Waals surface area contributed by atoms with Gasteiger partial charge in [-0.3, -0.25) is 9.59 Å². The van der Waals surface area contributed by atoms with Crippen LogP contribution in [0.1, 0.15) is 24.0 Å². The Bertz CT molecular complexity index is 894. The number of sulfone groups is 1. The van der Waals surface area contributed by atoms with E-state index < -0.39 is 21.7 Å². The number of fused-ring (bicyclic) bond motifs is 1. The van der Waals surface area contributed by atoms with Crippen molar-refractivity contribution in [2.45, 2.75) is 38.0 Å². The van der Waals surface area contributed by atoms with Crippen LogP contribution in [0.5, 0.6) is 0 Å². The van der Waals surface area contributed by atoms with Gasteiger partial charge in [0.1, 0.15) is 0 Å². The van der Waals surface area contributed by atoms with Crippen LogP contribution < -0.4 is 4.90 Å². The second-order valence-corrected chi connectivity index (χ2v) is 9.93. The average molecular weight is 396 g/mol. The Labute approximate surface area is 156 Å². The van der Waals surface area contributed by atoms with Crippen molar-refractivity contribution in [3.05, 3.63) is 29.3 Å². The minimum absolute atomic E-state index is 0.0282. The third kappa shape index (κ3) is 3.78. The second kappa shape index (κ2) is 7.03. The number of thioether (sulfide) groups is 1. The fraction of sp³-hybridized carbons (Fsp3) is 0.471. The van der Waals surface area contributed by atoms with E-state index in [1.165, 1.54) is 11.8 Å². The van der Waals surface area contributed by atoms with Crippen LogP contribution in [0.4, 0.5) is 5.69 Å². The van der Waals surface area contributed by atoms with Gasteiger partial charge in [-0.05, 0) is 31.0 Å². The molecule has 0 bridgehead atoms. The molecule has 0 spiro atoms. The van der Waals surface area contributed by atoms with Crippen molar-refractivity contribution in [2.75, 3.05) is 16.4 Å². The molecule has 1 aromatic rings. The summed E-state index contributed by atoms with van der Waals surface area (Å²) in [6, 6.07) is 5.49. The van der Waals surface area contributed by atoms with Gasteiger partial charge in [-0.25, -0.2) is 8.42 Å². The average Bonchev–Trinajstić information content (AvgIpc) is 2.99. The minimum atomic E-state index is -3.12. The molecule has 2 aliphatic rings. The molecular formula is C17H20N2O5S2. The van der Waals surface area contributed by atoms with Crippen molar-refractivity contribution in [1.82, 2.24) is 0 Å². The summed E-state index contributed by atoms with van der Waals surface area (Å²) in [6.45, 7) is 3.93. The summed E-state index contributed by atoms with van der Waals surface area (Å²) in [5.41, 5.74) is 2.91. The molecule has 1 amide bonds. The molecule has 0 aromatic heterocycles. The Morgan fingerprint density at radius 2 is 2.00 bits per heavy atom. The standard InChI is InChI=1S/C17H20N2O5S2/c1-10-4-3-5-12(11(10)2)19-13-8-26(23,24)9-14(13)25-17(19)18-15(20)6-7-16(21)22/h3-5,13-14H,6-9H2,1-2H3,(H,21,22)/t13-,14+/m0/s1. The molecule has 9 heteroatoms. The molecule has 0 aliphatic carbocycles. The van der Waals surface area contributed by atoms with E-state index in [0.717, 1.165) is 16.8 Å². The lowest BCUT2D eigenvalue weighted by Gasteiger charge is -2.26. The Hall–Kier alpha value is -1.87. The van der Waals surface area contributed by atoms with E-state index in [4.69, 9.17) is 5.11 Å². The highest BCUT2D eigenvalue weighted by molar-refractivity contribution is 8.16. The maximum absolute atomic E-state index is 12.1. The number of aryl methyl sites for hydroxylation is 1. The van der Waals surface area contributed by atoms with Gasteiger partial charge in [0.05, 0.1) is 24.0 Å². The topological polar surface area (TPSA) is 104 Å². The summed E-state index contributed by atoms with van der Waals surface area (Å²) in [7, 11) is -3.12. The number of amides is 1. The third-order valence-electron chi connectivity index (χ3n) is 4.68. The number of hydrogen-bond acceptors (Lipinski definition) is 5. The fourth-order valence-corrected chi connectivity index (χ4v) is 7.14. The van der Waals surface area contributed by atoms with E-state index in [1.54, 1.807) is 0 Å². The van der Waals surface area contributed by atoms with E-state index in [-0.39, 0.29) is 35.6 Å². The normalized spacial score (nSPS) is 25.5. The van der Waals surface area contributed by atoms with Crippen LogP contribution in [-0.2, 0) is 19.4 Å². The van der Waals surface area contributed by atoms with Gasteiger partial charge < -0.3 is 10.0 Å². The molecule has 2 saturated heterocycles. The predicted octanol–water partition coefficient (Wildman–Crippen LogP) is 1.77. The van der Waals surface area contributed by atoms with E-state index in [2.05, 4.69) is 4.99 Å². The molecule has 1 aromatic carbocycles. The van der Waals surface area contributed by atoms with Gasteiger partial charge in [-0.1, -0.05) is 23.9 Å². The molecule has 2 heterocycles. The Kier molecular flexibility index (Phi) is 5.12. The zero-order chi connectivity index (χ0) is 19.1. The molecule has 7 nitrogen and oxygen atoms in total. The summed E-state index contributed by atoms with van der Waals surface area (Å²) in [5, 5.41) is 9.01. The molecule has 3 rings (SSSR count). The minimum Gasteiger partial charge on any atom is -0.481 e. The molecular weight excluding hydrogens is 376 g/mol. The highest BCUT2D eigenvalue weighted by Crippen LogP contribution is 2.42. The van der Waals surface area contributed by atoms with Crippen molar-refractivity contribution in [1.29, 1.82) is 0 Å². The predicted molar refractivity (Wildman–Crippen MR) is 102 cm³/mol. The van der Waals surface area contributed by atoms with Crippen molar-refractivity contribution in [3.63, 3.8) is 0 Å². The number of benzene rings is 1. The Morgan fingerprint density at radius 3 is 2.69 bits per heavy atom. The second-order valence-electron chi connectivity index (χ2n) is 6.57. The molecule has 0 radical (unpaired) electrons. The van der Waals surface area contributed by atoms with Crippen molar-refractivity contribution in [3.8, 4) is 0 Å². The van der Waals surface area contributed by atoms with Crippen LogP contribution in [0.25, 0.3) is 0 Å². The summed E-state index contributed by atoms with van der Waals surface area (Å²) in [4.78, 5) is 28.7. The van der Waals surface area contributed by atoms with Crippen LogP contribution in [0.3, 0.4) is 0 Å². The van der Waals surface area contributed by atoms with Gasteiger partial charge in [0.15, 0.2) is 15.0 Å². The molecule has 1 N–H and O–H groups in total. The maximum Gasteiger partial charge on any atom is 0.303 e. The number of hydrogen-bond donors (Lipinski definition) is 1. The number of carboxylic acid groups (broad SMARTS) is 1. The van der Waals surface area contributed by atoms with E-state index >= 15 is 0 Å². The van der Waals surface area contributed by atoms with E-state index in [0.29, 0.717) is 5.17 Å². The number of carbonyl (C=O) groups is 2. The Morgan fingerprint density at radius 1 is 1.27 bits per heavy atom. The number of nitrogens with zero attached hydrogens (tertiary/aromatic N) is 2. The first-order valence-corrected chi connectivity index (χ1v) is 10.9. The first-order chi connectivity index (χ1) is 12.2. The lowest BCUT2D eigenvalue weighted by molar-refractivity contribution is -0.138. The van der Waals surface area contributed by atoms with Gasteiger partial charge in [-0.2, -0.15) is 4.99 Å². The highest BCUT2D eigenvalue weighted by atomic mass is 32.2. The molecule has 140 valence electrons. The molecule has 2 atom stereocenters. The number of aliphatic carboxylic acids is 1. The summed E-state index contributed by atoms with van der Waals surface area (Å²) in [5.74, 6) is -1.47. The van der Waals surface area contributed by atoms with Gasteiger partial charge in [0, 0.05) is 17.4 Å². The Balaban J connectivity index is 1.97. The molecule has 2 aliphatic heterocycles. The maximum atomic E-state index is 12.1. The lowest BCUT2D eigenvalue weighted by atomic mass is 10.1. The van der Waals surface area contributed by atoms with E-state index in [1.807, 2.05) is 36.9 Å². The molecule has 0 unspecified atom stereocenters. The first kappa shape index (κ1) is 18.9. The number of amidine groups is 1. The lowest BCUT2D eigenvalue weighted by Crippen LogP contribution is -2.38. The van der Waals surface area contributed by atoms with E-state index in [9.17, 15) is 18.0 Å². The SMILES string of the molecule is Cc1cccc(N2C(=NC(=O)CCC(=O)O)S[C@@H]3CS(=O)(=O)C[C@@H]32)c1C. The monoisotopic (exact) mass is 396 g/mol. The van der Waals surface area contributed by atoms with Crippen LogP contribution >= 0.6 is 11.8 Å². The third-order valence-corrected chi connectivity index (χ3v) is 7.88. The van der Waals surface area contributed by atoms with Gasteiger partial charge in [0.2, 0.25) is 5.91 Å². The number of rotatable bonds is 4. The quantitative estimate of drug-likeness (QED) is 0.827. The van der Waals surface area contributed by atoms with Crippen LogP contribution in [0, 0.1) is 13.8 Å². The number of carbonyl (C=O) groups excluding carboxylic acids is 1. The number of aliphatic imine (C=N–C) groups is 1. The zero-order valence-corrected chi connectivity index (χ0v) is 16.1. The summed E-state index contributed by atoms with van der Waals surface area (Å²) < 4.78 is 24.1. The van der Waals surface area contributed by atoms with Crippen LogP contribution in [-0.4, -0.2) is 53.4 Å². The molecule has 2 fully saturated rings. The number of carboxylic acids is 1. The van der Waals surface area contributed by atoms with Gasteiger partial charge >= 0.3 is 5.97 Å². The van der Waals surface area contributed by atoms with Gasteiger partial charge in [0.25, 0.3) is 0 Å². The van der Waals surface area contributed by atoms with Crippen molar-refractivity contribution >= 4 is 44.3 Å². The zero-order valence-electron chi connectivity index (χ0n) is 14.5. The summed E-state index contributed by atoms with van der Waals surface area (Å²) in [6.07, 6.45) is -0.446. The largest absolute Gasteiger partial charge is 0.481 e. The fourth-order valence-electron chi connectivity index (χ4n) is 3.22. The first-order valence-electron chi connectivity index (χ1n) is 8.24. The van der Waals surface area contributed by atoms with Gasteiger partial charge in [-0.15, -0.1) is 0 Å². The molecule has 0 saturated carbocycles.